The molecule has 0 radical (unpaired) electrons. The number of aromatic nitrogens is 5. The van der Waals surface area contributed by atoms with E-state index in [1.807, 2.05) is 4.40 Å². The van der Waals surface area contributed by atoms with Crippen LogP contribution in [-0.4, -0.2) is 65.1 Å². The number of halogens is 1. The predicted molar refractivity (Wildman–Crippen MR) is 124 cm³/mol. The van der Waals surface area contributed by atoms with Crippen LogP contribution in [0.5, 0.6) is 0 Å². The molecule has 0 spiro atoms. The maximum absolute atomic E-state index is 12.7. The molecule has 2 N–H and O–H groups in total. The monoisotopic (exact) mass is 475 g/mol. The van der Waals surface area contributed by atoms with Crippen molar-refractivity contribution in [3.63, 3.8) is 0 Å². The van der Waals surface area contributed by atoms with Crippen molar-refractivity contribution >= 4 is 39.7 Å². The Morgan fingerprint density at radius 1 is 1.25 bits per heavy atom. The fourth-order valence-corrected chi connectivity index (χ4v) is 5.50. The van der Waals surface area contributed by atoms with Crippen molar-refractivity contribution in [1.29, 1.82) is 0 Å². The van der Waals surface area contributed by atoms with Gasteiger partial charge in [-0.3, -0.25) is 8.61 Å². The largest absolute Gasteiger partial charge is 0.394 e. The molecule has 11 heteroatoms. The van der Waals surface area contributed by atoms with Crippen molar-refractivity contribution in [3.8, 4) is 0 Å². The molecule has 5 rings (SSSR count). The van der Waals surface area contributed by atoms with E-state index >= 15 is 0 Å². The molecule has 9 nitrogen and oxygen atoms in total. The zero-order chi connectivity index (χ0) is 22.3. The van der Waals surface area contributed by atoms with E-state index in [0.717, 1.165) is 62.5 Å². The number of piperidine rings is 1. The lowest BCUT2D eigenvalue weighted by Crippen LogP contribution is -2.49. The van der Waals surface area contributed by atoms with E-state index in [-0.39, 0.29) is 12.5 Å². The van der Waals surface area contributed by atoms with Gasteiger partial charge in [0.1, 0.15) is 22.9 Å². The second-order valence-electron chi connectivity index (χ2n) is 8.63. The van der Waals surface area contributed by atoms with Gasteiger partial charge in [-0.15, -0.1) is 0 Å². The molecule has 4 heterocycles. The Morgan fingerprint density at radius 3 is 2.56 bits per heavy atom. The number of anilines is 2. The van der Waals surface area contributed by atoms with Crippen LogP contribution in [0.2, 0.25) is 5.02 Å². The molecule has 0 bridgehead atoms. The average Bonchev–Trinajstić information content (AvgIpc) is 3.25. The molecule has 0 aromatic carbocycles. The first kappa shape index (κ1) is 21.5. The van der Waals surface area contributed by atoms with Gasteiger partial charge in [0.25, 0.3) is 0 Å². The fraction of sp³-hybridized carbons (Fsp3) is 0.524. The minimum atomic E-state index is -1.27. The molecule has 1 atom stereocenters. The first-order chi connectivity index (χ1) is 15.5. The van der Waals surface area contributed by atoms with Gasteiger partial charge < -0.3 is 15.3 Å². The molecule has 2 aliphatic rings. The van der Waals surface area contributed by atoms with E-state index in [2.05, 4.69) is 25.2 Å². The van der Waals surface area contributed by atoms with Crippen molar-refractivity contribution in [2.45, 2.75) is 48.5 Å². The molecule has 3 aromatic rings. The number of hydrogen-bond donors (Lipinski definition) is 2. The highest BCUT2D eigenvalue weighted by molar-refractivity contribution is 7.84. The standard InChI is InChI=1S/C21H26ClN7O2S/c1-32(31)17-16-11-23-13-29(16)20(26-19(17)27-21(12-30)5-2-6-21)28-7-3-14(4-8-28)18-24-9-15(22)10-25-18/h9-11,13-14,27,30H,2-8,12H2,1H3. The minimum Gasteiger partial charge on any atom is -0.394 e. The van der Waals surface area contributed by atoms with Crippen molar-refractivity contribution in [2.75, 3.05) is 36.2 Å². The lowest BCUT2D eigenvalue weighted by Gasteiger charge is -2.42. The summed E-state index contributed by atoms with van der Waals surface area (Å²) in [5.74, 6) is 2.43. The Balaban J connectivity index is 1.46. The summed E-state index contributed by atoms with van der Waals surface area (Å²) >= 11 is 5.93. The predicted octanol–water partition coefficient (Wildman–Crippen LogP) is 2.62. The summed E-state index contributed by atoms with van der Waals surface area (Å²) in [5, 5.41) is 13.9. The minimum absolute atomic E-state index is 0.0245. The second-order valence-corrected chi connectivity index (χ2v) is 10.4. The van der Waals surface area contributed by atoms with Crippen LogP contribution in [0.15, 0.2) is 29.8 Å². The third-order valence-electron chi connectivity index (χ3n) is 6.58. The van der Waals surface area contributed by atoms with Crippen LogP contribution in [0, 0.1) is 0 Å². The lowest BCUT2D eigenvalue weighted by molar-refractivity contribution is 0.143. The van der Waals surface area contributed by atoms with Gasteiger partial charge in [-0.1, -0.05) is 11.6 Å². The number of nitrogens with zero attached hydrogens (tertiary/aromatic N) is 6. The molecule has 1 unspecified atom stereocenters. The number of hydrogen-bond acceptors (Lipinski definition) is 8. The molecule has 3 aromatic heterocycles. The summed E-state index contributed by atoms with van der Waals surface area (Å²) < 4.78 is 14.6. The van der Waals surface area contributed by atoms with Crippen molar-refractivity contribution in [3.05, 3.63) is 35.8 Å². The molecular weight excluding hydrogens is 450 g/mol. The number of imidazole rings is 1. The van der Waals surface area contributed by atoms with Crippen LogP contribution in [0.4, 0.5) is 11.8 Å². The summed E-state index contributed by atoms with van der Waals surface area (Å²) in [7, 11) is -1.27. The van der Waals surface area contributed by atoms with Crippen molar-refractivity contribution in [1.82, 2.24) is 24.3 Å². The molecule has 170 valence electrons. The van der Waals surface area contributed by atoms with Crippen LogP contribution in [0.1, 0.15) is 43.8 Å². The molecule has 1 saturated carbocycles. The van der Waals surface area contributed by atoms with Gasteiger partial charge in [0.15, 0.2) is 0 Å². The number of aliphatic hydroxyl groups is 1. The van der Waals surface area contributed by atoms with Gasteiger partial charge in [-0.05, 0) is 32.1 Å². The molecule has 1 saturated heterocycles. The third-order valence-corrected chi connectivity index (χ3v) is 7.75. The van der Waals surface area contributed by atoms with Gasteiger partial charge in [-0.2, -0.15) is 4.98 Å². The van der Waals surface area contributed by atoms with Crippen LogP contribution in [0.25, 0.3) is 5.52 Å². The number of aliphatic hydroxyl groups excluding tert-OH is 1. The van der Waals surface area contributed by atoms with E-state index in [4.69, 9.17) is 16.6 Å². The number of nitrogens with one attached hydrogen (secondary N) is 1. The molecule has 32 heavy (non-hydrogen) atoms. The zero-order valence-corrected chi connectivity index (χ0v) is 19.4. The highest BCUT2D eigenvalue weighted by atomic mass is 35.5. The summed E-state index contributed by atoms with van der Waals surface area (Å²) in [6.45, 7) is 1.60. The van der Waals surface area contributed by atoms with E-state index < -0.39 is 16.3 Å². The van der Waals surface area contributed by atoms with Crippen LogP contribution in [-0.2, 0) is 10.8 Å². The summed E-state index contributed by atoms with van der Waals surface area (Å²) in [4.78, 5) is 20.9. The summed E-state index contributed by atoms with van der Waals surface area (Å²) in [6, 6.07) is 0. The van der Waals surface area contributed by atoms with Gasteiger partial charge in [0, 0.05) is 37.7 Å². The average molecular weight is 476 g/mol. The molecule has 1 aliphatic carbocycles. The summed E-state index contributed by atoms with van der Waals surface area (Å²) in [5.41, 5.74) is 0.379. The van der Waals surface area contributed by atoms with Crippen molar-refractivity contribution < 1.29 is 9.32 Å². The van der Waals surface area contributed by atoms with Crippen LogP contribution in [0.3, 0.4) is 0 Å². The first-order valence-corrected chi connectivity index (χ1v) is 12.7. The SMILES string of the molecule is CS(=O)c1c(NC2(CO)CCC2)nc(N2CCC(c3ncc(Cl)cn3)CC2)n2cncc12. The number of fused-ring (bicyclic) bond motifs is 1. The number of rotatable bonds is 6. The van der Waals surface area contributed by atoms with E-state index in [1.54, 1.807) is 31.2 Å². The zero-order valence-electron chi connectivity index (χ0n) is 17.9. The van der Waals surface area contributed by atoms with Crippen LogP contribution >= 0.6 is 11.6 Å². The van der Waals surface area contributed by atoms with Gasteiger partial charge in [0.05, 0.1) is 39.7 Å². The van der Waals surface area contributed by atoms with E-state index in [9.17, 15) is 9.32 Å². The normalized spacial score (nSPS) is 19.7. The maximum atomic E-state index is 12.7. The Morgan fingerprint density at radius 2 is 1.97 bits per heavy atom. The quantitative estimate of drug-likeness (QED) is 0.560. The first-order valence-electron chi connectivity index (χ1n) is 10.8. The molecule has 1 aliphatic heterocycles. The van der Waals surface area contributed by atoms with Gasteiger partial charge in [-0.25, -0.2) is 15.0 Å². The van der Waals surface area contributed by atoms with Gasteiger partial charge in [0.2, 0.25) is 5.95 Å². The van der Waals surface area contributed by atoms with E-state index in [0.29, 0.717) is 15.7 Å². The second kappa shape index (κ2) is 8.57. The lowest BCUT2D eigenvalue weighted by atomic mass is 9.77. The maximum Gasteiger partial charge on any atom is 0.213 e. The molecule has 2 fully saturated rings. The fourth-order valence-electron chi connectivity index (χ4n) is 4.59. The topological polar surface area (TPSA) is 109 Å². The van der Waals surface area contributed by atoms with Crippen molar-refractivity contribution in [2.24, 2.45) is 0 Å². The highest BCUT2D eigenvalue weighted by Gasteiger charge is 2.38. The van der Waals surface area contributed by atoms with E-state index in [1.165, 1.54) is 0 Å². The smallest absolute Gasteiger partial charge is 0.213 e. The molecule has 0 amide bonds. The van der Waals surface area contributed by atoms with Crippen LogP contribution < -0.4 is 10.2 Å². The third kappa shape index (κ3) is 3.84. The Bertz CT molecular complexity index is 1140. The van der Waals surface area contributed by atoms with Gasteiger partial charge >= 0.3 is 0 Å². The Hall–Kier alpha value is -2.30. The summed E-state index contributed by atoms with van der Waals surface area (Å²) in [6.07, 6.45) is 13.0. The highest BCUT2D eigenvalue weighted by Crippen LogP contribution is 2.38. The Kier molecular flexibility index (Phi) is 5.77. The molecular formula is C21H26ClN7O2S. The Labute approximate surface area is 193 Å².